The van der Waals surface area contributed by atoms with E-state index in [1.165, 1.54) is 0 Å². The van der Waals surface area contributed by atoms with Crippen LogP contribution < -0.4 is 10.6 Å². The standard InChI is InChI=1S/C14H18ClN3O.ClH/c15-11-4-1-3-10(7-11)13-9-17-14(19)18(13)12-5-2-6-16-8-12;/h1,3-4,7,12-13,16H,2,5-6,8-9H2,(H,17,19);1H/t12?,13-;/m0./s1. The molecule has 1 unspecified atom stereocenters. The minimum atomic E-state index is 0. The van der Waals surface area contributed by atoms with Crippen LogP contribution in [-0.2, 0) is 0 Å². The first kappa shape index (κ1) is 15.4. The highest BCUT2D eigenvalue weighted by Gasteiger charge is 2.37. The molecule has 3 rings (SSSR count). The summed E-state index contributed by atoms with van der Waals surface area (Å²) in [4.78, 5) is 14.1. The number of piperidine rings is 1. The number of rotatable bonds is 2. The van der Waals surface area contributed by atoms with Crippen molar-refractivity contribution in [1.29, 1.82) is 0 Å². The van der Waals surface area contributed by atoms with E-state index in [1.54, 1.807) is 0 Å². The highest BCUT2D eigenvalue weighted by molar-refractivity contribution is 6.30. The molecule has 2 fully saturated rings. The third kappa shape index (κ3) is 3.03. The fourth-order valence-corrected chi connectivity index (χ4v) is 3.20. The first-order valence-corrected chi connectivity index (χ1v) is 7.16. The van der Waals surface area contributed by atoms with Gasteiger partial charge in [-0.05, 0) is 37.1 Å². The molecule has 1 aromatic carbocycles. The van der Waals surface area contributed by atoms with Crippen LogP contribution in [0.25, 0.3) is 0 Å². The van der Waals surface area contributed by atoms with Crippen LogP contribution in [0, 0.1) is 0 Å². The Morgan fingerprint density at radius 2 is 2.15 bits per heavy atom. The van der Waals surface area contributed by atoms with E-state index in [0.29, 0.717) is 6.54 Å². The molecule has 0 bridgehead atoms. The number of nitrogens with zero attached hydrogens (tertiary/aromatic N) is 1. The van der Waals surface area contributed by atoms with E-state index in [2.05, 4.69) is 10.6 Å². The van der Waals surface area contributed by atoms with Gasteiger partial charge in [0.05, 0.1) is 6.04 Å². The molecule has 2 aliphatic rings. The number of nitrogens with one attached hydrogen (secondary N) is 2. The third-order valence-corrected chi connectivity index (χ3v) is 4.15. The summed E-state index contributed by atoms with van der Waals surface area (Å²) in [5.74, 6) is 0. The van der Waals surface area contributed by atoms with Crippen LogP contribution in [0.15, 0.2) is 24.3 Å². The lowest BCUT2D eigenvalue weighted by Gasteiger charge is -2.35. The fourth-order valence-electron chi connectivity index (χ4n) is 3.00. The number of halogens is 2. The minimum Gasteiger partial charge on any atom is -0.336 e. The minimum absolute atomic E-state index is 0. The van der Waals surface area contributed by atoms with Gasteiger partial charge in [-0.25, -0.2) is 4.79 Å². The fraction of sp³-hybridized carbons (Fsp3) is 0.500. The number of urea groups is 1. The molecule has 2 N–H and O–H groups in total. The summed E-state index contributed by atoms with van der Waals surface area (Å²) in [6, 6.07) is 8.21. The van der Waals surface area contributed by atoms with Crippen molar-refractivity contribution < 1.29 is 4.79 Å². The lowest BCUT2D eigenvalue weighted by molar-refractivity contribution is 0.159. The summed E-state index contributed by atoms with van der Waals surface area (Å²) < 4.78 is 0. The first-order valence-electron chi connectivity index (χ1n) is 6.78. The van der Waals surface area contributed by atoms with Crippen molar-refractivity contribution >= 4 is 30.0 Å². The smallest absolute Gasteiger partial charge is 0.318 e. The summed E-state index contributed by atoms with van der Waals surface area (Å²) in [7, 11) is 0. The molecule has 2 aliphatic heterocycles. The highest BCUT2D eigenvalue weighted by atomic mass is 35.5. The van der Waals surface area contributed by atoms with E-state index in [0.717, 1.165) is 36.5 Å². The topological polar surface area (TPSA) is 44.4 Å². The molecule has 0 aromatic heterocycles. The van der Waals surface area contributed by atoms with Gasteiger partial charge in [-0.2, -0.15) is 0 Å². The molecule has 20 heavy (non-hydrogen) atoms. The van der Waals surface area contributed by atoms with Crippen LogP contribution in [-0.4, -0.2) is 36.6 Å². The number of hydrogen-bond acceptors (Lipinski definition) is 2. The van der Waals surface area contributed by atoms with Gasteiger partial charge >= 0.3 is 6.03 Å². The lowest BCUT2D eigenvalue weighted by atomic mass is 10.0. The van der Waals surface area contributed by atoms with E-state index < -0.39 is 0 Å². The molecule has 0 spiro atoms. The van der Waals surface area contributed by atoms with E-state index in [4.69, 9.17) is 11.6 Å². The van der Waals surface area contributed by atoms with E-state index >= 15 is 0 Å². The molecule has 2 atom stereocenters. The summed E-state index contributed by atoms with van der Waals surface area (Å²) >= 11 is 6.06. The Balaban J connectivity index is 0.00000147. The molecule has 0 radical (unpaired) electrons. The van der Waals surface area contributed by atoms with Gasteiger partial charge in [-0.3, -0.25) is 0 Å². The molecular formula is C14H19Cl2N3O. The molecule has 2 saturated heterocycles. The van der Waals surface area contributed by atoms with Crippen molar-refractivity contribution in [2.75, 3.05) is 19.6 Å². The summed E-state index contributed by atoms with van der Waals surface area (Å²) in [5, 5.41) is 7.04. The molecule has 110 valence electrons. The van der Waals surface area contributed by atoms with Gasteiger partial charge in [-0.15, -0.1) is 12.4 Å². The van der Waals surface area contributed by atoms with Gasteiger partial charge in [0, 0.05) is 24.2 Å². The third-order valence-electron chi connectivity index (χ3n) is 3.91. The predicted octanol–water partition coefficient (Wildman–Crippen LogP) is 2.58. The maximum absolute atomic E-state index is 12.1. The van der Waals surface area contributed by atoms with Crippen molar-refractivity contribution in [3.63, 3.8) is 0 Å². The first-order chi connectivity index (χ1) is 9.25. The number of carbonyl (C=O) groups excluding carboxylic acids is 1. The Bertz CT molecular complexity index is 477. The van der Waals surface area contributed by atoms with Gasteiger partial charge in [0.2, 0.25) is 0 Å². The molecule has 2 amide bonds. The summed E-state index contributed by atoms with van der Waals surface area (Å²) in [5.41, 5.74) is 1.11. The maximum Gasteiger partial charge on any atom is 0.318 e. The van der Waals surface area contributed by atoms with Gasteiger partial charge in [0.15, 0.2) is 0 Å². The summed E-state index contributed by atoms with van der Waals surface area (Å²) in [6.07, 6.45) is 2.19. The highest BCUT2D eigenvalue weighted by Crippen LogP contribution is 2.30. The zero-order chi connectivity index (χ0) is 13.2. The van der Waals surface area contributed by atoms with Crippen LogP contribution in [0.3, 0.4) is 0 Å². The van der Waals surface area contributed by atoms with Crippen LogP contribution in [0.5, 0.6) is 0 Å². The normalized spacial score (nSPS) is 26.1. The number of carbonyl (C=O) groups is 1. The number of amides is 2. The van der Waals surface area contributed by atoms with Crippen molar-refractivity contribution in [1.82, 2.24) is 15.5 Å². The monoisotopic (exact) mass is 315 g/mol. The van der Waals surface area contributed by atoms with E-state index in [1.807, 2.05) is 29.2 Å². The van der Waals surface area contributed by atoms with Gasteiger partial charge in [0.1, 0.15) is 0 Å². The Hall–Kier alpha value is -0.970. The quantitative estimate of drug-likeness (QED) is 0.881. The predicted molar refractivity (Wildman–Crippen MR) is 82.6 cm³/mol. The average molecular weight is 316 g/mol. The average Bonchev–Trinajstić information content (AvgIpc) is 2.82. The molecule has 0 aliphatic carbocycles. The number of benzene rings is 1. The Labute approximate surface area is 130 Å². The van der Waals surface area contributed by atoms with Crippen molar-refractivity contribution in [3.8, 4) is 0 Å². The molecular weight excluding hydrogens is 297 g/mol. The van der Waals surface area contributed by atoms with Crippen molar-refractivity contribution in [2.24, 2.45) is 0 Å². The second-order valence-electron chi connectivity index (χ2n) is 5.16. The van der Waals surface area contributed by atoms with E-state index in [-0.39, 0.29) is 30.5 Å². The van der Waals surface area contributed by atoms with Gasteiger partial charge in [-0.1, -0.05) is 23.7 Å². The Kier molecular flexibility index (Phi) is 5.13. The second-order valence-corrected chi connectivity index (χ2v) is 5.60. The van der Waals surface area contributed by atoms with Crippen LogP contribution in [0.4, 0.5) is 4.79 Å². The van der Waals surface area contributed by atoms with Crippen molar-refractivity contribution in [2.45, 2.75) is 24.9 Å². The summed E-state index contributed by atoms with van der Waals surface area (Å²) in [6.45, 7) is 2.59. The largest absolute Gasteiger partial charge is 0.336 e. The molecule has 1 aromatic rings. The van der Waals surface area contributed by atoms with Crippen molar-refractivity contribution in [3.05, 3.63) is 34.9 Å². The SMILES string of the molecule is Cl.O=C1NC[C@@H](c2cccc(Cl)c2)N1C1CCCNC1. The Morgan fingerprint density at radius 3 is 2.85 bits per heavy atom. The van der Waals surface area contributed by atoms with Crippen LogP contribution in [0.1, 0.15) is 24.4 Å². The lowest BCUT2D eigenvalue weighted by Crippen LogP contribution is -2.48. The van der Waals surface area contributed by atoms with Gasteiger partial charge < -0.3 is 15.5 Å². The zero-order valence-corrected chi connectivity index (χ0v) is 12.7. The maximum atomic E-state index is 12.1. The number of hydrogen-bond donors (Lipinski definition) is 2. The zero-order valence-electron chi connectivity index (χ0n) is 11.1. The molecule has 4 nitrogen and oxygen atoms in total. The Morgan fingerprint density at radius 1 is 1.30 bits per heavy atom. The molecule has 6 heteroatoms. The van der Waals surface area contributed by atoms with E-state index in [9.17, 15) is 4.79 Å². The van der Waals surface area contributed by atoms with Gasteiger partial charge in [0.25, 0.3) is 0 Å². The second kappa shape index (κ2) is 6.66. The van der Waals surface area contributed by atoms with Crippen LogP contribution in [0.2, 0.25) is 5.02 Å². The molecule has 0 saturated carbocycles. The van der Waals surface area contributed by atoms with Crippen LogP contribution >= 0.6 is 24.0 Å². The molecule has 2 heterocycles.